The Morgan fingerprint density at radius 3 is 2.27 bits per heavy atom. The molecule has 2 aromatic carbocycles. The molecule has 0 radical (unpaired) electrons. The van der Waals surface area contributed by atoms with Crippen molar-refractivity contribution in [3.8, 4) is 22.8 Å². The van der Waals surface area contributed by atoms with Gasteiger partial charge in [0, 0.05) is 29.9 Å². The van der Waals surface area contributed by atoms with Gasteiger partial charge in [0.1, 0.15) is 0 Å². The Morgan fingerprint density at radius 2 is 1.67 bits per heavy atom. The summed E-state index contributed by atoms with van der Waals surface area (Å²) in [5.41, 5.74) is -1.26. The van der Waals surface area contributed by atoms with Crippen LogP contribution in [0.15, 0.2) is 40.9 Å². The van der Waals surface area contributed by atoms with E-state index in [1.165, 1.54) is 0 Å². The number of carboxylic acids is 1. The summed E-state index contributed by atoms with van der Waals surface area (Å²) in [7, 11) is 0. The van der Waals surface area contributed by atoms with Crippen molar-refractivity contribution in [1.82, 2.24) is 10.1 Å². The summed E-state index contributed by atoms with van der Waals surface area (Å²) in [6.07, 6.45) is -9.38. The van der Waals surface area contributed by atoms with Gasteiger partial charge in [-0.1, -0.05) is 5.16 Å². The van der Waals surface area contributed by atoms with Gasteiger partial charge in [-0.25, -0.2) is 0 Å². The van der Waals surface area contributed by atoms with E-state index in [0.29, 0.717) is 37.2 Å². The largest absolute Gasteiger partial charge is 0.481 e. The van der Waals surface area contributed by atoms with E-state index in [0.717, 1.165) is 11.3 Å². The lowest BCUT2D eigenvalue weighted by molar-refractivity contribution is -0.143. The van der Waals surface area contributed by atoms with E-state index in [1.807, 2.05) is 4.90 Å². The van der Waals surface area contributed by atoms with Gasteiger partial charge < -0.3 is 14.5 Å². The lowest BCUT2D eigenvalue weighted by Crippen LogP contribution is -2.23. The highest BCUT2D eigenvalue weighted by Gasteiger charge is 2.37. The van der Waals surface area contributed by atoms with Crippen LogP contribution in [0.25, 0.3) is 22.8 Å². The van der Waals surface area contributed by atoms with E-state index in [1.54, 1.807) is 18.2 Å². The zero-order chi connectivity index (χ0) is 24.0. The minimum absolute atomic E-state index is 0.00255. The molecule has 2 heterocycles. The zero-order valence-electron chi connectivity index (χ0n) is 16.7. The maximum Gasteiger partial charge on any atom is 0.416 e. The molecule has 12 heteroatoms. The van der Waals surface area contributed by atoms with Crippen LogP contribution in [0.4, 0.5) is 32.0 Å². The Labute approximate surface area is 182 Å². The van der Waals surface area contributed by atoms with Gasteiger partial charge in [0.15, 0.2) is 0 Å². The molecule has 33 heavy (non-hydrogen) atoms. The number of aromatic nitrogens is 2. The van der Waals surface area contributed by atoms with Crippen LogP contribution in [0.1, 0.15) is 23.1 Å². The highest BCUT2D eigenvalue weighted by Crippen LogP contribution is 2.39. The number of nitrogens with zero attached hydrogens (tertiary/aromatic N) is 3. The molecule has 0 atom stereocenters. The van der Waals surface area contributed by atoms with Crippen LogP contribution in [0.2, 0.25) is 0 Å². The van der Waals surface area contributed by atoms with E-state index >= 15 is 0 Å². The van der Waals surface area contributed by atoms with Gasteiger partial charge in [-0.3, -0.25) is 4.79 Å². The molecule has 0 unspecified atom stereocenters. The Balaban J connectivity index is 1.65. The lowest BCUT2D eigenvalue weighted by Gasteiger charge is -2.18. The molecule has 0 aliphatic carbocycles. The third-order valence-corrected chi connectivity index (χ3v) is 5.19. The molecule has 0 saturated carbocycles. The minimum atomic E-state index is -4.99. The number of anilines is 1. The highest BCUT2D eigenvalue weighted by molar-refractivity contribution is 5.70. The van der Waals surface area contributed by atoms with Crippen molar-refractivity contribution in [2.45, 2.75) is 25.2 Å². The summed E-state index contributed by atoms with van der Waals surface area (Å²) >= 11 is 0. The topological polar surface area (TPSA) is 79.5 Å². The normalized spacial score (nSPS) is 13.9. The van der Waals surface area contributed by atoms with Gasteiger partial charge in [-0.15, -0.1) is 0 Å². The first-order valence-corrected chi connectivity index (χ1v) is 9.65. The number of hydrogen-bond donors (Lipinski definition) is 1. The molecular formula is C21H15F6N3O3. The fourth-order valence-electron chi connectivity index (χ4n) is 3.61. The second-order valence-electron chi connectivity index (χ2n) is 7.44. The van der Waals surface area contributed by atoms with Crippen molar-refractivity contribution in [3.63, 3.8) is 0 Å². The van der Waals surface area contributed by atoms with E-state index in [4.69, 9.17) is 9.63 Å². The molecule has 6 nitrogen and oxygen atoms in total. The maximum atomic E-state index is 13.1. The number of alkyl halides is 6. The first-order valence-electron chi connectivity index (χ1n) is 9.65. The highest BCUT2D eigenvalue weighted by atomic mass is 19.4. The van der Waals surface area contributed by atoms with Crippen molar-refractivity contribution >= 4 is 11.7 Å². The van der Waals surface area contributed by atoms with Gasteiger partial charge in [0.2, 0.25) is 5.82 Å². The van der Waals surface area contributed by atoms with Crippen molar-refractivity contribution in [1.29, 1.82) is 0 Å². The summed E-state index contributed by atoms with van der Waals surface area (Å²) in [5, 5.41) is 12.6. The van der Waals surface area contributed by atoms with Gasteiger partial charge in [-0.05, 0) is 48.4 Å². The molecule has 1 N–H and O–H groups in total. The second kappa shape index (κ2) is 8.09. The van der Waals surface area contributed by atoms with Gasteiger partial charge in [-0.2, -0.15) is 31.3 Å². The predicted molar refractivity (Wildman–Crippen MR) is 103 cm³/mol. The van der Waals surface area contributed by atoms with Gasteiger partial charge in [0.05, 0.1) is 17.5 Å². The van der Waals surface area contributed by atoms with Crippen LogP contribution in [0, 0.1) is 0 Å². The van der Waals surface area contributed by atoms with Crippen LogP contribution in [0.3, 0.4) is 0 Å². The van der Waals surface area contributed by atoms with Crippen LogP contribution < -0.4 is 4.90 Å². The Kier molecular flexibility index (Phi) is 5.54. The molecule has 3 aromatic rings. The standard InChI is InChI=1S/C21H15F6N3O3/c22-20(23,24)14-8-13(9-15(10-14)21(25,26)27)19-28-18(29-33-19)12-1-2-16-11(7-12)3-5-30(16)6-4-17(31)32/h1-2,7-10H,3-6H2,(H,31,32). The summed E-state index contributed by atoms with van der Waals surface area (Å²) in [6, 6.07) is 6.17. The Morgan fingerprint density at radius 1 is 1.00 bits per heavy atom. The summed E-state index contributed by atoms with van der Waals surface area (Å²) < 4.78 is 83.6. The number of benzene rings is 2. The van der Waals surface area contributed by atoms with E-state index < -0.39 is 40.9 Å². The Bertz CT molecular complexity index is 1170. The van der Waals surface area contributed by atoms with E-state index in [9.17, 15) is 31.1 Å². The average Bonchev–Trinajstić information content (AvgIpc) is 3.37. The van der Waals surface area contributed by atoms with E-state index in [-0.39, 0.29) is 18.3 Å². The van der Waals surface area contributed by atoms with Crippen molar-refractivity contribution in [2.75, 3.05) is 18.0 Å². The van der Waals surface area contributed by atoms with Crippen LogP contribution in [-0.4, -0.2) is 34.3 Å². The number of rotatable bonds is 5. The van der Waals surface area contributed by atoms with Crippen LogP contribution in [-0.2, 0) is 23.6 Å². The molecule has 0 bridgehead atoms. The number of carboxylic acid groups (broad SMARTS) is 1. The molecule has 4 rings (SSSR count). The summed E-state index contributed by atoms with van der Waals surface area (Å²) in [6.45, 7) is 0.957. The quantitative estimate of drug-likeness (QED) is 0.511. The fourth-order valence-corrected chi connectivity index (χ4v) is 3.61. The van der Waals surface area contributed by atoms with Crippen molar-refractivity contribution < 1.29 is 40.8 Å². The lowest BCUT2D eigenvalue weighted by atomic mass is 10.0. The molecule has 174 valence electrons. The third kappa shape index (κ3) is 4.78. The molecule has 0 saturated heterocycles. The first-order chi connectivity index (χ1) is 15.4. The molecule has 0 spiro atoms. The first kappa shape index (κ1) is 22.6. The second-order valence-corrected chi connectivity index (χ2v) is 7.44. The summed E-state index contributed by atoms with van der Waals surface area (Å²) in [5.74, 6) is -1.39. The smallest absolute Gasteiger partial charge is 0.416 e. The molecule has 1 aromatic heterocycles. The van der Waals surface area contributed by atoms with Crippen LogP contribution in [0.5, 0.6) is 0 Å². The minimum Gasteiger partial charge on any atom is -0.481 e. The Hall–Kier alpha value is -3.57. The van der Waals surface area contributed by atoms with Gasteiger partial charge in [0.25, 0.3) is 5.89 Å². The van der Waals surface area contributed by atoms with Crippen molar-refractivity contribution in [3.05, 3.63) is 53.1 Å². The number of halogens is 6. The molecule has 0 fully saturated rings. The SMILES string of the molecule is O=C(O)CCN1CCc2cc(-c3noc(-c4cc(C(F)(F)F)cc(C(F)(F)F)c4)n3)ccc21. The van der Waals surface area contributed by atoms with Crippen molar-refractivity contribution in [2.24, 2.45) is 0 Å². The predicted octanol–water partition coefficient (Wildman–Crippen LogP) is 5.28. The fraction of sp³-hybridized carbons (Fsp3) is 0.286. The maximum absolute atomic E-state index is 13.1. The zero-order valence-corrected chi connectivity index (χ0v) is 16.7. The number of hydrogen-bond acceptors (Lipinski definition) is 5. The molecular weight excluding hydrogens is 456 g/mol. The summed E-state index contributed by atoms with van der Waals surface area (Å²) in [4.78, 5) is 16.7. The van der Waals surface area contributed by atoms with Crippen LogP contribution >= 0.6 is 0 Å². The number of carbonyl (C=O) groups is 1. The third-order valence-electron chi connectivity index (χ3n) is 5.19. The monoisotopic (exact) mass is 471 g/mol. The molecule has 1 aliphatic rings. The molecule has 1 aliphatic heterocycles. The molecule has 0 amide bonds. The van der Waals surface area contributed by atoms with Gasteiger partial charge >= 0.3 is 18.3 Å². The average molecular weight is 471 g/mol. The number of aliphatic carboxylic acids is 1. The number of fused-ring (bicyclic) bond motifs is 1. The van der Waals surface area contributed by atoms with E-state index in [2.05, 4.69) is 10.1 Å².